The summed E-state index contributed by atoms with van der Waals surface area (Å²) in [5.74, 6) is -1.35. The smallest absolute Gasteiger partial charge is 0.452 e. The first-order chi connectivity index (χ1) is 18.3. The minimum absolute atomic E-state index is 0.162. The van der Waals surface area contributed by atoms with Crippen LogP contribution >= 0.6 is 0 Å². The molecule has 0 saturated carbocycles. The molecule has 0 N–H and O–H groups in total. The van der Waals surface area contributed by atoms with Crippen molar-refractivity contribution < 1.29 is 52.9 Å². The van der Waals surface area contributed by atoms with Crippen LogP contribution in [-0.4, -0.2) is 53.7 Å². The van der Waals surface area contributed by atoms with Crippen LogP contribution in [0, 0.1) is 0 Å². The number of hydrogen-bond donors (Lipinski definition) is 0. The van der Waals surface area contributed by atoms with Crippen LogP contribution in [0.15, 0.2) is 23.7 Å². The van der Waals surface area contributed by atoms with Crippen molar-refractivity contribution in [2.75, 3.05) is 13.2 Å². The molecule has 0 spiro atoms. The van der Waals surface area contributed by atoms with E-state index in [0.29, 0.717) is 13.2 Å². The van der Waals surface area contributed by atoms with Gasteiger partial charge in [0.15, 0.2) is 0 Å². The molecule has 0 unspecified atom stereocenters. The topological polar surface area (TPSA) is 125 Å². The van der Waals surface area contributed by atoms with Crippen molar-refractivity contribution in [1.29, 1.82) is 0 Å². The minimum atomic E-state index is -1.32. The van der Waals surface area contributed by atoms with Gasteiger partial charge in [0.25, 0.3) is 0 Å². The molecule has 0 heterocycles. The predicted octanol–water partition coefficient (Wildman–Crippen LogP) is 6.64. The summed E-state index contributed by atoms with van der Waals surface area (Å²) < 4.78 is 22.4. The first-order valence-electron chi connectivity index (χ1n) is 13.6. The molecule has 0 radical (unpaired) electrons. The average Bonchev–Trinajstić information content (AvgIpc) is 2.81. The Labute approximate surface area is 239 Å². The van der Waals surface area contributed by atoms with E-state index in [1.165, 1.54) is 13.8 Å². The number of unbranched alkanes of at least 4 members (excludes halogenated alkanes) is 2. The van der Waals surface area contributed by atoms with Crippen molar-refractivity contribution in [2.24, 2.45) is 0 Å². The Morgan fingerprint density at radius 3 is 1.15 bits per heavy atom. The number of carbonyl (C=O) groups excluding carboxylic acids is 3. The van der Waals surface area contributed by atoms with Gasteiger partial charge in [-0.1, -0.05) is 26.7 Å². The standard InChI is InChI=1S/C29H50O11/c1-13-15-17-33-35-19-21(3)23(30)37-26(5,6)28(9,10)39-25(32)40-29(11,12)27(7,8)38-24(31)22(4)20-36-34-18-16-14-2/h19-20H,13-18H2,1-12H3/b21-19+,22-20+. The first kappa shape index (κ1) is 37.2. The molecule has 0 aliphatic carbocycles. The number of hydrogen-bond acceptors (Lipinski definition) is 11. The molecule has 0 aromatic rings. The Bertz CT molecular complexity index is 812. The zero-order valence-corrected chi connectivity index (χ0v) is 26.4. The van der Waals surface area contributed by atoms with Gasteiger partial charge in [-0.25, -0.2) is 14.4 Å². The lowest BCUT2D eigenvalue weighted by molar-refractivity contribution is -0.250. The van der Waals surface area contributed by atoms with Crippen molar-refractivity contribution in [3.05, 3.63) is 23.7 Å². The highest BCUT2D eigenvalue weighted by Gasteiger charge is 2.48. The van der Waals surface area contributed by atoms with Gasteiger partial charge in [-0.3, -0.25) is 0 Å². The third-order valence-electron chi connectivity index (χ3n) is 6.66. The fraction of sp³-hybridized carbons (Fsp3) is 0.759. The SMILES string of the molecule is CCCCOO/C=C(\C)C(=O)OC(C)(C)C(C)(C)OC(=O)OC(C)(C)C(C)(C)OC(=O)/C(C)=C/OOCCCC. The Balaban J connectivity index is 5.19. The van der Waals surface area contributed by atoms with E-state index in [0.717, 1.165) is 38.2 Å². The van der Waals surface area contributed by atoms with Gasteiger partial charge in [0.2, 0.25) is 0 Å². The van der Waals surface area contributed by atoms with Crippen molar-refractivity contribution in [3.63, 3.8) is 0 Å². The Morgan fingerprint density at radius 2 is 0.850 bits per heavy atom. The maximum atomic E-state index is 12.8. The van der Waals surface area contributed by atoms with E-state index >= 15 is 0 Å². The van der Waals surface area contributed by atoms with E-state index in [-0.39, 0.29) is 11.1 Å². The van der Waals surface area contributed by atoms with Crippen LogP contribution in [0.5, 0.6) is 0 Å². The molecule has 0 bridgehead atoms. The van der Waals surface area contributed by atoms with Crippen LogP contribution in [-0.2, 0) is 48.1 Å². The summed E-state index contributed by atoms with van der Waals surface area (Å²) in [6.07, 6.45) is 4.81. The van der Waals surface area contributed by atoms with Crippen molar-refractivity contribution in [3.8, 4) is 0 Å². The summed E-state index contributed by atoms with van der Waals surface area (Å²) in [7, 11) is 0. The van der Waals surface area contributed by atoms with Gasteiger partial charge < -0.3 is 28.7 Å². The molecule has 0 saturated heterocycles. The van der Waals surface area contributed by atoms with E-state index < -0.39 is 40.5 Å². The first-order valence-corrected chi connectivity index (χ1v) is 13.6. The monoisotopic (exact) mass is 574 g/mol. The highest BCUT2D eigenvalue weighted by Crippen LogP contribution is 2.34. The third kappa shape index (κ3) is 12.6. The Hall–Kier alpha value is -2.79. The Morgan fingerprint density at radius 1 is 0.550 bits per heavy atom. The molecule has 0 aliphatic rings. The van der Waals surface area contributed by atoms with Crippen LogP contribution in [0.25, 0.3) is 0 Å². The second-order valence-corrected chi connectivity index (χ2v) is 11.4. The fourth-order valence-electron chi connectivity index (χ4n) is 2.36. The van der Waals surface area contributed by atoms with E-state index in [1.54, 1.807) is 55.4 Å². The molecule has 0 fully saturated rings. The maximum absolute atomic E-state index is 12.8. The van der Waals surface area contributed by atoms with Crippen LogP contribution < -0.4 is 0 Å². The summed E-state index contributed by atoms with van der Waals surface area (Å²) in [4.78, 5) is 57.8. The van der Waals surface area contributed by atoms with E-state index in [4.69, 9.17) is 38.5 Å². The molecule has 0 atom stereocenters. The summed E-state index contributed by atoms with van der Waals surface area (Å²) in [5.41, 5.74) is -4.85. The van der Waals surface area contributed by atoms with Gasteiger partial charge in [-0.15, -0.1) is 0 Å². The van der Waals surface area contributed by atoms with Gasteiger partial charge >= 0.3 is 18.1 Å². The molecule has 11 nitrogen and oxygen atoms in total. The summed E-state index contributed by atoms with van der Waals surface area (Å²) in [6.45, 7) is 20.6. The highest BCUT2D eigenvalue weighted by atomic mass is 17.2. The van der Waals surface area contributed by atoms with Gasteiger partial charge in [0, 0.05) is 0 Å². The van der Waals surface area contributed by atoms with E-state index in [1.807, 2.05) is 13.8 Å². The van der Waals surface area contributed by atoms with Crippen LogP contribution in [0.1, 0.15) is 109 Å². The van der Waals surface area contributed by atoms with Crippen molar-refractivity contribution in [1.82, 2.24) is 0 Å². The van der Waals surface area contributed by atoms with E-state index in [9.17, 15) is 14.4 Å². The second-order valence-electron chi connectivity index (χ2n) is 11.4. The lowest BCUT2D eigenvalue weighted by atomic mass is 9.88. The third-order valence-corrected chi connectivity index (χ3v) is 6.66. The van der Waals surface area contributed by atoms with Gasteiger partial charge in [-0.05, 0) is 82.1 Å². The summed E-state index contributed by atoms with van der Waals surface area (Å²) in [5, 5.41) is 0. The largest absolute Gasteiger partial charge is 0.509 e. The van der Waals surface area contributed by atoms with E-state index in [2.05, 4.69) is 0 Å². The van der Waals surface area contributed by atoms with Crippen molar-refractivity contribution >= 4 is 18.1 Å². The number of esters is 2. The van der Waals surface area contributed by atoms with Gasteiger partial charge in [-0.2, -0.15) is 9.78 Å². The number of carbonyl (C=O) groups is 3. The van der Waals surface area contributed by atoms with Crippen LogP contribution in [0.3, 0.4) is 0 Å². The highest BCUT2D eigenvalue weighted by molar-refractivity contribution is 5.88. The van der Waals surface area contributed by atoms with Gasteiger partial charge in [0.1, 0.15) is 34.9 Å². The average molecular weight is 575 g/mol. The zero-order chi connectivity index (χ0) is 31.2. The second kappa shape index (κ2) is 16.5. The minimum Gasteiger partial charge on any atom is -0.452 e. The molecular formula is C29H50O11. The lowest BCUT2D eigenvalue weighted by Gasteiger charge is -2.42. The van der Waals surface area contributed by atoms with Crippen LogP contribution in [0.2, 0.25) is 0 Å². The molecule has 0 aliphatic heterocycles. The molecular weight excluding hydrogens is 524 g/mol. The predicted molar refractivity (Wildman–Crippen MR) is 147 cm³/mol. The summed E-state index contributed by atoms with van der Waals surface area (Å²) >= 11 is 0. The fourth-order valence-corrected chi connectivity index (χ4v) is 2.36. The molecule has 0 aromatic carbocycles. The normalized spacial score (nSPS) is 13.4. The number of rotatable bonds is 18. The van der Waals surface area contributed by atoms with Gasteiger partial charge in [0.05, 0.1) is 24.4 Å². The zero-order valence-electron chi connectivity index (χ0n) is 26.4. The molecule has 0 aromatic heterocycles. The molecule has 232 valence electrons. The Kier molecular flexibility index (Phi) is 15.3. The molecule has 0 rings (SSSR count). The molecule has 40 heavy (non-hydrogen) atoms. The van der Waals surface area contributed by atoms with Crippen molar-refractivity contribution in [2.45, 2.75) is 131 Å². The summed E-state index contributed by atoms with van der Waals surface area (Å²) in [6, 6.07) is 0. The number of ether oxygens (including phenoxy) is 4. The molecule has 11 heteroatoms. The van der Waals surface area contributed by atoms with Crippen LogP contribution in [0.4, 0.5) is 4.79 Å². The quantitative estimate of drug-likeness (QED) is 0.0332. The maximum Gasteiger partial charge on any atom is 0.509 e. The molecule has 0 amide bonds. The lowest BCUT2D eigenvalue weighted by Crippen LogP contribution is -2.55.